The molecule has 0 spiro atoms. The number of amides is 1. The molecule has 0 unspecified atom stereocenters. The maximum atomic E-state index is 12.3. The fourth-order valence-electron chi connectivity index (χ4n) is 5.15. The molecule has 0 saturated carbocycles. The molecule has 3 aliphatic rings. The van der Waals surface area contributed by atoms with E-state index in [0.29, 0.717) is 19.6 Å². The molecule has 5 rings (SSSR count). The van der Waals surface area contributed by atoms with Gasteiger partial charge in [0.05, 0.1) is 32.1 Å². The summed E-state index contributed by atoms with van der Waals surface area (Å²) in [6.45, 7) is 6.39. The Morgan fingerprint density at radius 1 is 1.00 bits per heavy atom. The van der Waals surface area contributed by atoms with E-state index in [1.807, 2.05) is 47.4 Å². The molecule has 0 radical (unpaired) electrons. The van der Waals surface area contributed by atoms with Gasteiger partial charge in [-0.3, -0.25) is 9.69 Å². The maximum Gasteiger partial charge on any atom is 0.222 e. The fourth-order valence-corrected chi connectivity index (χ4v) is 5.15. The van der Waals surface area contributed by atoms with Gasteiger partial charge in [0.15, 0.2) is 0 Å². The second-order valence-electron chi connectivity index (χ2n) is 9.05. The lowest BCUT2D eigenvalue weighted by molar-refractivity contribution is -0.191. The molecule has 1 amide bonds. The molecule has 3 saturated heterocycles. The van der Waals surface area contributed by atoms with Gasteiger partial charge in [-0.2, -0.15) is 0 Å². The minimum absolute atomic E-state index is 0.0271. The molecule has 0 aromatic heterocycles. The summed E-state index contributed by atoms with van der Waals surface area (Å²) in [7, 11) is 1.72. The quantitative estimate of drug-likeness (QED) is 0.645. The second-order valence-corrected chi connectivity index (χ2v) is 9.05. The zero-order chi connectivity index (χ0) is 22.7. The van der Waals surface area contributed by atoms with Crippen molar-refractivity contribution in [2.45, 2.75) is 24.7 Å². The molecule has 2 atom stereocenters. The lowest BCUT2D eigenvalue weighted by atomic mass is 10.1. The summed E-state index contributed by atoms with van der Waals surface area (Å²) in [5.74, 6) is 0.224. The largest absolute Gasteiger partial charge is 0.495 e. The van der Waals surface area contributed by atoms with Crippen molar-refractivity contribution in [2.24, 2.45) is 0 Å². The molecule has 2 aromatic rings. The molecular weight excluding hydrogens is 418 g/mol. The molecule has 7 heteroatoms. The number of ether oxygens (including phenoxy) is 3. The van der Waals surface area contributed by atoms with Gasteiger partial charge < -0.3 is 24.0 Å². The van der Waals surface area contributed by atoms with Crippen molar-refractivity contribution in [3.63, 3.8) is 0 Å². The number of benzene rings is 2. The molecule has 3 heterocycles. The van der Waals surface area contributed by atoms with Crippen LogP contribution in [0.2, 0.25) is 0 Å². The van der Waals surface area contributed by atoms with E-state index >= 15 is 0 Å². The van der Waals surface area contributed by atoms with Crippen molar-refractivity contribution in [3.8, 4) is 5.75 Å². The number of carbonyl (C=O) groups is 1. The Morgan fingerprint density at radius 2 is 1.76 bits per heavy atom. The number of carbonyl (C=O) groups excluding carboxylic acids is 1. The van der Waals surface area contributed by atoms with Crippen LogP contribution in [0.3, 0.4) is 0 Å². The molecule has 3 aliphatic heterocycles. The van der Waals surface area contributed by atoms with Crippen LogP contribution in [0.4, 0.5) is 5.69 Å². The van der Waals surface area contributed by atoms with E-state index in [1.165, 1.54) is 0 Å². The van der Waals surface area contributed by atoms with Gasteiger partial charge in [-0.15, -0.1) is 0 Å². The highest BCUT2D eigenvalue weighted by Gasteiger charge is 2.46. The van der Waals surface area contributed by atoms with Gasteiger partial charge in [-0.25, -0.2) is 0 Å². The van der Waals surface area contributed by atoms with Gasteiger partial charge in [-0.1, -0.05) is 42.5 Å². The van der Waals surface area contributed by atoms with E-state index in [9.17, 15) is 4.79 Å². The van der Waals surface area contributed by atoms with E-state index in [4.69, 9.17) is 14.2 Å². The number of rotatable bonds is 7. The van der Waals surface area contributed by atoms with E-state index in [-0.39, 0.29) is 12.0 Å². The average molecular weight is 452 g/mol. The monoisotopic (exact) mass is 451 g/mol. The van der Waals surface area contributed by atoms with Crippen LogP contribution in [0.15, 0.2) is 54.6 Å². The molecule has 0 N–H and O–H groups in total. The first-order valence-electron chi connectivity index (χ1n) is 11.9. The van der Waals surface area contributed by atoms with Crippen LogP contribution in [0.25, 0.3) is 0 Å². The van der Waals surface area contributed by atoms with Crippen molar-refractivity contribution >= 4 is 11.6 Å². The Labute approximate surface area is 195 Å². The highest BCUT2D eigenvalue weighted by atomic mass is 16.7. The van der Waals surface area contributed by atoms with Crippen LogP contribution in [-0.4, -0.2) is 81.3 Å². The van der Waals surface area contributed by atoms with E-state index in [1.54, 1.807) is 7.11 Å². The van der Waals surface area contributed by atoms with Crippen molar-refractivity contribution in [2.75, 3.05) is 64.4 Å². The van der Waals surface area contributed by atoms with Gasteiger partial charge in [0.2, 0.25) is 11.7 Å². The number of anilines is 1. The van der Waals surface area contributed by atoms with Gasteiger partial charge in [0.1, 0.15) is 5.75 Å². The van der Waals surface area contributed by atoms with E-state index < -0.39 is 5.79 Å². The van der Waals surface area contributed by atoms with Crippen molar-refractivity contribution in [3.05, 3.63) is 60.2 Å². The summed E-state index contributed by atoms with van der Waals surface area (Å²) >= 11 is 0. The Hall–Kier alpha value is -2.61. The van der Waals surface area contributed by atoms with Gasteiger partial charge in [-0.05, 0) is 18.6 Å². The Kier molecular flexibility index (Phi) is 6.53. The van der Waals surface area contributed by atoms with Crippen LogP contribution in [0, 0.1) is 0 Å². The zero-order valence-corrected chi connectivity index (χ0v) is 19.3. The number of likely N-dealkylation sites (tertiary alicyclic amines) is 1. The number of methoxy groups -OCH3 is 1. The number of hydrogen-bond acceptors (Lipinski definition) is 6. The Balaban J connectivity index is 1.22. The van der Waals surface area contributed by atoms with Crippen LogP contribution in [0.1, 0.15) is 18.4 Å². The summed E-state index contributed by atoms with van der Waals surface area (Å²) in [6.07, 6.45) is 1.50. The van der Waals surface area contributed by atoms with Gasteiger partial charge in [0.25, 0.3) is 0 Å². The minimum Gasteiger partial charge on any atom is -0.495 e. The summed E-state index contributed by atoms with van der Waals surface area (Å²) < 4.78 is 18.5. The smallest absolute Gasteiger partial charge is 0.222 e. The van der Waals surface area contributed by atoms with E-state index in [2.05, 4.69) is 21.9 Å². The molecule has 0 bridgehead atoms. The van der Waals surface area contributed by atoms with Crippen molar-refractivity contribution in [1.82, 2.24) is 9.80 Å². The molecule has 7 nitrogen and oxygen atoms in total. The normalized spacial score (nSPS) is 26.2. The molecule has 2 aromatic carbocycles. The Bertz CT molecular complexity index is 948. The first-order valence-corrected chi connectivity index (χ1v) is 11.9. The topological polar surface area (TPSA) is 54.5 Å². The van der Waals surface area contributed by atoms with Gasteiger partial charge >= 0.3 is 0 Å². The average Bonchev–Trinajstić information content (AvgIpc) is 3.46. The predicted octanol–water partition coefficient (Wildman–Crippen LogP) is 2.71. The number of hydrogen-bond donors (Lipinski definition) is 0. The lowest BCUT2D eigenvalue weighted by Gasteiger charge is -2.37. The number of nitrogens with zero attached hydrogens (tertiary/aromatic N) is 3. The third-order valence-corrected chi connectivity index (χ3v) is 6.90. The second kappa shape index (κ2) is 9.71. The fraction of sp³-hybridized carbons (Fsp3) is 0.500. The molecule has 3 fully saturated rings. The van der Waals surface area contributed by atoms with Crippen LogP contribution >= 0.6 is 0 Å². The predicted molar refractivity (Wildman–Crippen MR) is 126 cm³/mol. The first kappa shape index (κ1) is 22.2. The van der Waals surface area contributed by atoms with Gasteiger partial charge in [0, 0.05) is 51.3 Å². The van der Waals surface area contributed by atoms with Crippen LogP contribution in [-0.2, 0) is 20.1 Å². The highest BCUT2D eigenvalue weighted by molar-refractivity contribution is 5.78. The SMILES string of the molecule is COc1ccccc1N1CCN(C[C@H]2CO[C@@](CN3CCCC3=O)(c3ccccc3)O2)CC1. The number of para-hydroxylation sites is 2. The van der Waals surface area contributed by atoms with Crippen molar-refractivity contribution in [1.29, 1.82) is 0 Å². The van der Waals surface area contributed by atoms with Crippen molar-refractivity contribution < 1.29 is 19.0 Å². The first-order chi connectivity index (χ1) is 16.2. The lowest BCUT2D eigenvalue weighted by Crippen LogP contribution is -2.49. The summed E-state index contributed by atoms with van der Waals surface area (Å²) in [5.41, 5.74) is 2.13. The van der Waals surface area contributed by atoms with Crippen LogP contribution in [0.5, 0.6) is 5.75 Å². The maximum absolute atomic E-state index is 12.3. The molecule has 176 valence electrons. The molecule has 0 aliphatic carbocycles. The summed E-state index contributed by atoms with van der Waals surface area (Å²) in [6, 6.07) is 18.3. The zero-order valence-electron chi connectivity index (χ0n) is 19.3. The third kappa shape index (κ3) is 4.71. The molecule has 33 heavy (non-hydrogen) atoms. The number of piperazine rings is 1. The standard InChI is InChI=1S/C26H33N3O4/c1-31-24-11-6-5-10-23(24)28-16-14-27(15-17-28)18-22-19-32-26(33-22,21-8-3-2-4-9-21)20-29-13-7-12-25(29)30/h2-6,8-11,22H,7,12-20H2,1H3/t22-,26+/m0/s1. The summed E-state index contributed by atoms with van der Waals surface area (Å²) in [5, 5.41) is 0. The minimum atomic E-state index is -0.884. The molecular formula is C26H33N3O4. The third-order valence-electron chi connectivity index (χ3n) is 6.90. The van der Waals surface area contributed by atoms with Crippen LogP contribution < -0.4 is 9.64 Å². The highest BCUT2D eigenvalue weighted by Crippen LogP contribution is 2.37. The van der Waals surface area contributed by atoms with E-state index in [0.717, 1.165) is 62.7 Å². The Morgan fingerprint density at radius 3 is 2.48 bits per heavy atom. The summed E-state index contributed by atoms with van der Waals surface area (Å²) in [4.78, 5) is 19.0.